The second kappa shape index (κ2) is 4.79. The van der Waals surface area contributed by atoms with E-state index >= 15 is 0 Å². The monoisotopic (exact) mass is 248 g/mol. The van der Waals surface area contributed by atoms with E-state index in [1.807, 2.05) is 0 Å². The Bertz CT molecular complexity index is 241. The molecule has 4 unspecified atom stereocenters. The molecule has 4 aliphatic heterocycles. The largest absolute Gasteiger partial charge is 0.296 e. The zero-order valence-electron chi connectivity index (χ0n) is 11.7. The Morgan fingerprint density at radius 1 is 0.500 bits per heavy atom. The highest BCUT2D eigenvalue weighted by atomic mass is 15.3. The summed E-state index contributed by atoms with van der Waals surface area (Å²) < 4.78 is 0. The molecule has 0 amide bonds. The molecule has 0 spiro atoms. The molecule has 0 aromatic heterocycles. The molecule has 4 bridgehead atoms. The number of piperidine rings is 2. The highest BCUT2D eigenvalue weighted by Gasteiger charge is 2.39. The lowest BCUT2D eigenvalue weighted by Gasteiger charge is -2.39. The lowest BCUT2D eigenvalue weighted by molar-refractivity contribution is 0.0842. The van der Waals surface area contributed by atoms with E-state index in [0.29, 0.717) is 0 Å². The van der Waals surface area contributed by atoms with Gasteiger partial charge in [-0.2, -0.15) is 0 Å². The Balaban J connectivity index is 1.36. The third-order valence-electron chi connectivity index (χ3n) is 6.31. The lowest BCUT2D eigenvalue weighted by atomic mass is 10.0. The van der Waals surface area contributed by atoms with Crippen molar-refractivity contribution in [3.05, 3.63) is 0 Å². The first-order chi connectivity index (χ1) is 8.92. The molecule has 4 fully saturated rings. The van der Waals surface area contributed by atoms with Crippen LogP contribution in [-0.4, -0.2) is 47.1 Å². The topological polar surface area (TPSA) is 6.48 Å². The Kier molecular flexibility index (Phi) is 3.12. The summed E-state index contributed by atoms with van der Waals surface area (Å²) in [6, 6.07) is 3.86. The summed E-state index contributed by atoms with van der Waals surface area (Å²) in [6.07, 6.45) is 14.9. The summed E-state index contributed by atoms with van der Waals surface area (Å²) in [6.45, 7) is 2.75. The fraction of sp³-hybridized carbons (Fsp3) is 1.00. The summed E-state index contributed by atoms with van der Waals surface area (Å²) in [4.78, 5) is 5.77. The third-order valence-corrected chi connectivity index (χ3v) is 6.31. The van der Waals surface area contributed by atoms with E-state index in [1.54, 1.807) is 0 Å². The second-order valence-corrected chi connectivity index (χ2v) is 7.11. The van der Waals surface area contributed by atoms with Gasteiger partial charge >= 0.3 is 0 Å². The van der Waals surface area contributed by atoms with Gasteiger partial charge in [-0.05, 0) is 51.4 Å². The molecule has 2 nitrogen and oxygen atoms in total. The van der Waals surface area contributed by atoms with E-state index in [2.05, 4.69) is 9.80 Å². The first-order valence-corrected chi connectivity index (χ1v) is 8.43. The maximum absolute atomic E-state index is 2.89. The number of hydrogen-bond acceptors (Lipinski definition) is 2. The molecule has 4 aliphatic rings. The van der Waals surface area contributed by atoms with Crippen molar-refractivity contribution in [1.29, 1.82) is 0 Å². The highest BCUT2D eigenvalue weighted by Crippen LogP contribution is 2.37. The quantitative estimate of drug-likeness (QED) is 0.757. The molecular weight excluding hydrogens is 220 g/mol. The van der Waals surface area contributed by atoms with Gasteiger partial charge in [0.2, 0.25) is 0 Å². The average Bonchev–Trinajstić information content (AvgIpc) is 2.74. The van der Waals surface area contributed by atoms with E-state index < -0.39 is 0 Å². The van der Waals surface area contributed by atoms with Crippen molar-refractivity contribution in [2.45, 2.75) is 88.4 Å². The van der Waals surface area contributed by atoms with Crippen LogP contribution in [0, 0.1) is 0 Å². The predicted molar refractivity (Wildman–Crippen MR) is 74.7 cm³/mol. The van der Waals surface area contributed by atoms with Crippen molar-refractivity contribution in [3.8, 4) is 0 Å². The van der Waals surface area contributed by atoms with Crippen LogP contribution in [0.1, 0.15) is 64.2 Å². The van der Waals surface area contributed by atoms with Gasteiger partial charge in [0.1, 0.15) is 0 Å². The fourth-order valence-electron chi connectivity index (χ4n) is 5.41. The zero-order chi connectivity index (χ0) is 11.9. The van der Waals surface area contributed by atoms with E-state index in [1.165, 1.54) is 77.3 Å². The zero-order valence-corrected chi connectivity index (χ0v) is 11.7. The Labute approximate surface area is 112 Å². The minimum Gasteiger partial charge on any atom is -0.296 e. The van der Waals surface area contributed by atoms with Crippen molar-refractivity contribution in [2.75, 3.05) is 13.1 Å². The molecule has 4 atom stereocenters. The van der Waals surface area contributed by atoms with Crippen LogP contribution in [-0.2, 0) is 0 Å². The summed E-state index contributed by atoms with van der Waals surface area (Å²) in [7, 11) is 0. The maximum atomic E-state index is 2.89. The molecule has 102 valence electrons. The third kappa shape index (κ3) is 1.92. The molecule has 0 radical (unpaired) electrons. The fourth-order valence-corrected chi connectivity index (χ4v) is 5.41. The summed E-state index contributed by atoms with van der Waals surface area (Å²) in [5, 5.41) is 0. The van der Waals surface area contributed by atoms with Crippen LogP contribution >= 0.6 is 0 Å². The van der Waals surface area contributed by atoms with Crippen LogP contribution in [0.2, 0.25) is 0 Å². The van der Waals surface area contributed by atoms with Crippen molar-refractivity contribution >= 4 is 0 Å². The molecular formula is C16H28N2. The van der Waals surface area contributed by atoms with Gasteiger partial charge in [-0.3, -0.25) is 9.80 Å². The predicted octanol–water partition coefficient (Wildman–Crippen LogP) is 3.02. The van der Waals surface area contributed by atoms with E-state index in [9.17, 15) is 0 Å². The molecule has 0 N–H and O–H groups in total. The van der Waals surface area contributed by atoms with Gasteiger partial charge in [0, 0.05) is 37.3 Å². The molecule has 2 heteroatoms. The van der Waals surface area contributed by atoms with Crippen LogP contribution in [0.5, 0.6) is 0 Å². The first kappa shape index (κ1) is 11.7. The molecule has 18 heavy (non-hydrogen) atoms. The Morgan fingerprint density at radius 2 is 0.833 bits per heavy atom. The van der Waals surface area contributed by atoms with Gasteiger partial charge in [-0.15, -0.1) is 0 Å². The van der Waals surface area contributed by atoms with Gasteiger partial charge in [0.05, 0.1) is 0 Å². The lowest BCUT2D eigenvalue weighted by Crippen LogP contribution is -2.48. The van der Waals surface area contributed by atoms with Crippen LogP contribution in [0.25, 0.3) is 0 Å². The molecule has 4 saturated heterocycles. The minimum absolute atomic E-state index is 0.964. The standard InChI is InChI=1S/C16H28N2/c1-3-13-7-8-14(4-1)17(13)11-12-18-15-5-2-6-16(18)10-9-15/h13-16H,1-12H2. The molecule has 0 saturated carbocycles. The van der Waals surface area contributed by atoms with Gasteiger partial charge < -0.3 is 0 Å². The average molecular weight is 248 g/mol. The van der Waals surface area contributed by atoms with Gasteiger partial charge in [0.25, 0.3) is 0 Å². The van der Waals surface area contributed by atoms with Crippen LogP contribution in [0.3, 0.4) is 0 Å². The van der Waals surface area contributed by atoms with E-state index in [0.717, 1.165) is 24.2 Å². The maximum Gasteiger partial charge on any atom is 0.0115 e. The molecule has 0 aromatic carbocycles. The summed E-state index contributed by atoms with van der Waals surface area (Å²) >= 11 is 0. The van der Waals surface area contributed by atoms with Crippen LogP contribution in [0.15, 0.2) is 0 Å². The van der Waals surface area contributed by atoms with Gasteiger partial charge in [-0.25, -0.2) is 0 Å². The molecule has 4 rings (SSSR count). The molecule has 0 aliphatic carbocycles. The first-order valence-electron chi connectivity index (χ1n) is 8.43. The van der Waals surface area contributed by atoms with E-state index in [4.69, 9.17) is 0 Å². The second-order valence-electron chi connectivity index (χ2n) is 7.11. The smallest absolute Gasteiger partial charge is 0.0115 e. The molecule has 4 heterocycles. The Morgan fingerprint density at radius 3 is 1.17 bits per heavy atom. The normalized spacial score (nSPS) is 44.7. The van der Waals surface area contributed by atoms with Crippen molar-refractivity contribution < 1.29 is 0 Å². The summed E-state index contributed by atoms with van der Waals surface area (Å²) in [5.74, 6) is 0. The number of nitrogens with zero attached hydrogens (tertiary/aromatic N) is 2. The Hall–Kier alpha value is -0.0800. The minimum atomic E-state index is 0.964. The van der Waals surface area contributed by atoms with Crippen LogP contribution in [0.4, 0.5) is 0 Å². The number of hydrogen-bond donors (Lipinski definition) is 0. The number of rotatable bonds is 3. The van der Waals surface area contributed by atoms with Gasteiger partial charge in [-0.1, -0.05) is 12.8 Å². The van der Waals surface area contributed by atoms with Crippen LogP contribution < -0.4 is 0 Å². The van der Waals surface area contributed by atoms with Crippen molar-refractivity contribution in [2.24, 2.45) is 0 Å². The number of fused-ring (bicyclic) bond motifs is 4. The van der Waals surface area contributed by atoms with Gasteiger partial charge in [0.15, 0.2) is 0 Å². The van der Waals surface area contributed by atoms with Crippen molar-refractivity contribution in [3.63, 3.8) is 0 Å². The van der Waals surface area contributed by atoms with Crippen molar-refractivity contribution in [1.82, 2.24) is 9.80 Å². The SMILES string of the molecule is C1CC2CCC(C1)N2CCN1C2CCCC1CC2. The molecule has 0 aromatic rings. The van der Waals surface area contributed by atoms with E-state index in [-0.39, 0.29) is 0 Å². The summed E-state index contributed by atoms with van der Waals surface area (Å²) in [5.41, 5.74) is 0. The highest BCUT2D eigenvalue weighted by molar-refractivity contribution is 4.95.